The van der Waals surface area contributed by atoms with Gasteiger partial charge in [0.25, 0.3) is 0 Å². The zero-order valence-corrected chi connectivity index (χ0v) is 12.7. The van der Waals surface area contributed by atoms with E-state index in [-0.39, 0.29) is 18.3 Å². The Bertz CT molecular complexity index is 403. The normalized spacial score (nSPS) is 17.4. The predicted octanol–water partition coefficient (Wildman–Crippen LogP) is 2.84. The van der Waals surface area contributed by atoms with Crippen LogP contribution in [-0.4, -0.2) is 25.6 Å². The molecule has 0 saturated carbocycles. The van der Waals surface area contributed by atoms with Gasteiger partial charge < -0.3 is 15.4 Å². The fraction of sp³-hybridized carbons (Fsp3) is 0.533. The van der Waals surface area contributed by atoms with Crippen LogP contribution in [0.5, 0.6) is 5.75 Å². The molecule has 1 unspecified atom stereocenters. The van der Waals surface area contributed by atoms with Crippen LogP contribution in [0.15, 0.2) is 24.3 Å². The first-order valence-electron chi connectivity index (χ1n) is 7.01. The number of rotatable bonds is 6. The Kier molecular flexibility index (Phi) is 7.41. The fourth-order valence-electron chi connectivity index (χ4n) is 2.22. The summed E-state index contributed by atoms with van der Waals surface area (Å²) in [7, 11) is 0. The van der Waals surface area contributed by atoms with Gasteiger partial charge >= 0.3 is 0 Å². The molecule has 4 nitrogen and oxygen atoms in total. The van der Waals surface area contributed by atoms with Crippen LogP contribution in [-0.2, 0) is 4.79 Å². The van der Waals surface area contributed by atoms with Crippen molar-refractivity contribution in [3.8, 4) is 5.75 Å². The minimum Gasteiger partial charge on any atom is -0.494 e. The molecule has 0 bridgehead atoms. The third-order valence-electron chi connectivity index (χ3n) is 3.25. The maximum atomic E-state index is 11.9. The van der Waals surface area contributed by atoms with E-state index in [0.717, 1.165) is 44.0 Å². The smallest absolute Gasteiger partial charge is 0.224 e. The van der Waals surface area contributed by atoms with Gasteiger partial charge in [0.15, 0.2) is 0 Å². The lowest BCUT2D eigenvalue weighted by Gasteiger charge is -2.10. The molecule has 20 heavy (non-hydrogen) atoms. The number of carbonyl (C=O) groups excluding carboxylic acids is 1. The molecule has 1 heterocycles. The molecule has 2 rings (SSSR count). The molecular formula is C15H23ClN2O2. The van der Waals surface area contributed by atoms with E-state index in [1.54, 1.807) is 0 Å². The molecule has 1 aliphatic rings. The molecule has 1 amide bonds. The second-order valence-corrected chi connectivity index (χ2v) is 4.98. The van der Waals surface area contributed by atoms with Crippen molar-refractivity contribution in [3.05, 3.63) is 24.3 Å². The van der Waals surface area contributed by atoms with Crippen LogP contribution >= 0.6 is 12.4 Å². The molecule has 2 N–H and O–H groups in total. The zero-order valence-electron chi connectivity index (χ0n) is 11.9. The highest BCUT2D eigenvalue weighted by molar-refractivity contribution is 5.90. The summed E-state index contributed by atoms with van der Waals surface area (Å²) in [6, 6.07) is 7.55. The van der Waals surface area contributed by atoms with Crippen molar-refractivity contribution in [2.75, 3.05) is 25.0 Å². The van der Waals surface area contributed by atoms with Crippen molar-refractivity contribution in [1.29, 1.82) is 0 Å². The van der Waals surface area contributed by atoms with E-state index in [1.165, 1.54) is 0 Å². The SMILES string of the molecule is CCCOc1ccc(NC(=O)CC2CCNC2)cc1.Cl. The first-order chi connectivity index (χ1) is 9.28. The Morgan fingerprint density at radius 1 is 1.40 bits per heavy atom. The first-order valence-corrected chi connectivity index (χ1v) is 7.01. The van der Waals surface area contributed by atoms with Crippen molar-refractivity contribution in [3.63, 3.8) is 0 Å². The highest BCUT2D eigenvalue weighted by atomic mass is 35.5. The fourth-order valence-corrected chi connectivity index (χ4v) is 2.22. The zero-order chi connectivity index (χ0) is 13.5. The number of hydrogen-bond donors (Lipinski definition) is 2. The Labute approximate surface area is 126 Å². The van der Waals surface area contributed by atoms with E-state index in [0.29, 0.717) is 12.3 Å². The molecule has 1 saturated heterocycles. The predicted molar refractivity (Wildman–Crippen MR) is 83.7 cm³/mol. The average Bonchev–Trinajstić information content (AvgIpc) is 2.90. The molecule has 0 aliphatic carbocycles. The molecule has 1 atom stereocenters. The van der Waals surface area contributed by atoms with Crippen molar-refractivity contribution < 1.29 is 9.53 Å². The number of anilines is 1. The molecule has 0 aromatic heterocycles. The minimum absolute atomic E-state index is 0. The van der Waals surface area contributed by atoms with Gasteiger partial charge in [-0.15, -0.1) is 12.4 Å². The van der Waals surface area contributed by atoms with E-state index in [1.807, 2.05) is 24.3 Å². The van der Waals surface area contributed by atoms with Crippen LogP contribution in [0.25, 0.3) is 0 Å². The molecule has 0 spiro atoms. The molecule has 1 aromatic rings. The molecule has 0 radical (unpaired) electrons. The quantitative estimate of drug-likeness (QED) is 0.849. The van der Waals surface area contributed by atoms with Crippen LogP contribution in [0, 0.1) is 5.92 Å². The summed E-state index contributed by atoms with van der Waals surface area (Å²) in [6.07, 6.45) is 2.69. The maximum absolute atomic E-state index is 11.9. The summed E-state index contributed by atoms with van der Waals surface area (Å²) < 4.78 is 5.50. The Balaban J connectivity index is 0.00000200. The highest BCUT2D eigenvalue weighted by Crippen LogP contribution is 2.17. The average molecular weight is 299 g/mol. The van der Waals surface area contributed by atoms with Crippen molar-refractivity contribution >= 4 is 24.0 Å². The minimum atomic E-state index is 0. The number of carbonyl (C=O) groups is 1. The Morgan fingerprint density at radius 2 is 2.15 bits per heavy atom. The second kappa shape index (κ2) is 8.82. The van der Waals surface area contributed by atoms with Crippen LogP contribution in [0.4, 0.5) is 5.69 Å². The van der Waals surface area contributed by atoms with Gasteiger partial charge in [0.1, 0.15) is 5.75 Å². The summed E-state index contributed by atoms with van der Waals surface area (Å²) in [6.45, 7) is 4.78. The van der Waals surface area contributed by atoms with Crippen LogP contribution < -0.4 is 15.4 Å². The van der Waals surface area contributed by atoms with Gasteiger partial charge in [-0.05, 0) is 56.1 Å². The van der Waals surface area contributed by atoms with E-state index in [2.05, 4.69) is 17.6 Å². The third kappa shape index (κ3) is 5.39. The van der Waals surface area contributed by atoms with Crippen LogP contribution in [0.2, 0.25) is 0 Å². The Morgan fingerprint density at radius 3 is 2.75 bits per heavy atom. The summed E-state index contributed by atoms with van der Waals surface area (Å²) >= 11 is 0. The van der Waals surface area contributed by atoms with Crippen molar-refractivity contribution in [2.45, 2.75) is 26.2 Å². The Hall–Kier alpha value is -1.26. The summed E-state index contributed by atoms with van der Waals surface area (Å²) in [5.41, 5.74) is 0.833. The summed E-state index contributed by atoms with van der Waals surface area (Å²) in [5, 5.41) is 6.20. The third-order valence-corrected chi connectivity index (χ3v) is 3.25. The number of benzene rings is 1. The van der Waals surface area contributed by atoms with Gasteiger partial charge in [0.2, 0.25) is 5.91 Å². The molecule has 1 aliphatic heterocycles. The maximum Gasteiger partial charge on any atom is 0.224 e. The van der Waals surface area contributed by atoms with Gasteiger partial charge in [-0.2, -0.15) is 0 Å². The topological polar surface area (TPSA) is 50.4 Å². The van der Waals surface area contributed by atoms with Gasteiger partial charge in [-0.1, -0.05) is 6.92 Å². The summed E-state index contributed by atoms with van der Waals surface area (Å²) in [4.78, 5) is 11.9. The first kappa shape index (κ1) is 16.8. The number of hydrogen-bond acceptors (Lipinski definition) is 3. The number of amides is 1. The lowest BCUT2D eigenvalue weighted by Crippen LogP contribution is -2.18. The molecular weight excluding hydrogens is 276 g/mol. The largest absolute Gasteiger partial charge is 0.494 e. The van der Waals surface area contributed by atoms with E-state index >= 15 is 0 Å². The highest BCUT2D eigenvalue weighted by Gasteiger charge is 2.17. The number of ether oxygens (including phenoxy) is 1. The van der Waals surface area contributed by atoms with Crippen molar-refractivity contribution in [1.82, 2.24) is 5.32 Å². The number of nitrogens with one attached hydrogen (secondary N) is 2. The monoisotopic (exact) mass is 298 g/mol. The summed E-state index contributed by atoms with van der Waals surface area (Å²) in [5.74, 6) is 1.42. The van der Waals surface area contributed by atoms with E-state index in [4.69, 9.17) is 4.74 Å². The number of halogens is 1. The van der Waals surface area contributed by atoms with Gasteiger partial charge in [0, 0.05) is 12.1 Å². The van der Waals surface area contributed by atoms with Gasteiger partial charge in [-0.3, -0.25) is 4.79 Å². The van der Waals surface area contributed by atoms with E-state index < -0.39 is 0 Å². The van der Waals surface area contributed by atoms with Crippen molar-refractivity contribution in [2.24, 2.45) is 5.92 Å². The molecule has 5 heteroatoms. The van der Waals surface area contributed by atoms with Crippen LogP contribution in [0.1, 0.15) is 26.2 Å². The van der Waals surface area contributed by atoms with E-state index in [9.17, 15) is 4.79 Å². The lowest BCUT2D eigenvalue weighted by molar-refractivity contribution is -0.116. The van der Waals surface area contributed by atoms with Gasteiger partial charge in [-0.25, -0.2) is 0 Å². The van der Waals surface area contributed by atoms with Crippen LogP contribution in [0.3, 0.4) is 0 Å². The van der Waals surface area contributed by atoms with Gasteiger partial charge in [0.05, 0.1) is 6.61 Å². The second-order valence-electron chi connectivity index (χ2n) is 4.98. The molecule has 1 aromatic carbocycles. The lowest BCUT2D eigenvalue weighted by atomic mass is 10.0. The standard InChI is InChI=1S/C15H22N2O2.ClH/c1-2-9-19-14-5-3-13(4-6-14)17-15(18)10-12-7-8-16-11-12;/h3-6,12,16H,2,7-11H2,1H3,(H,17,18);1H. The molecule has 112 valence electrons. The molecule has 1 fully saturated rings.